The number of hydrogen-bond donors (Lipinski definition) is 1. The second-order valence-electron chi connectivity index (χ2n) is 4.53. The monoisotopic (exact) mass is 316 g/mol. The number of carbonyl (C=O) groups is 1. The highest BCUT2D eigenvalue weighted by molar-refractivity contribution is 7.99. The first-order valence-corrected chi connectivity index (χ1v) is 9.75. The molecule has 0 bridgehead atoms. The van der Waals surface area contributed by atoms with E-state index in [0.717, 1.165) is 42.9 Å². The van der Waals surface area contributed by atoms with E-state index in [2.05, 4.69) is 31.2 Å². The molecule has 4 heteroatoms. The lowest BCUT2D eigenvalue weighted by Gasteiger charge is -1.98. The standard InChI is InChI=1S/C16H28O2S2/c1-2-12-19-13-8-4-3-5-9-14-20-15-10-6-7-11-16(17)18/h4-5,8-9H,2-3,6-7,10-15H2,1H3,(H,17,18)/b8-4+,9-5+. The van der Waals surface area contributed by atoms with E-state index in [1.54, 1.807) is 0 Å². The van der Waals surface area contributed by atoms with Crippen molar-refractivity contribution in [2.24, 2.45) is 0 Å². The largest absolute Gasteiger partial charge is 0.481 e. The van der Waals surface area contributed by atoms with Gasteiger partial charge in [0.05, 0.1) is 0 Å². The number of carboxylic acids is 1. The molecule has 0 aromatic carbocycles. The van der Waals surface area contributed by atoms with Crippen LogP contribution in [0.1, 0.15) is 45.4 Å². The Kier molecular flexibility index (Phi) is 16.4. The van der Waals surface area contributed by atoms with Gasteiger partial charge in [0.1, 0.15) is 0 Å². The Bertz CT molecular complexity index is 276. The number of unbranched alkanes of at least 4 members (excludes halogenated alkanes) is 2. The van der Waals surface area contributed by atoms with Gasteiger partial charge in [-0.3, -0.25) is 4.79 Å². The van der Waals surface area contributed by atoms with E-state index in [1.807, 2.05) is 23.5 Å². The zero-order valence-corrected chi connectivity index (χ0v) is 14.2. The molecule has 0 aliphatic carbocycles. The first-order valence-electron chi connectivity index (χ1n) is 7.44. The fraction of sp³-hybridized carbons (Fsp3) is 0.688. The van der Waals surface area contributed by atoms with Gasteiger partial charge in [0, 0.05) is 17.9 Å². The van der Waals surface area contributed by atoms with Gasteiger partial charge in [-0.15, -0.1) is 0 Å². The van der Waals surface area contributed by atoms with Gasteiger partial charge >= 0.3 is 5.97 Å². The fourth-order valence-electron chi connectivity index (χ4n) is 1.51. The van der Waals surface area contributed by atoms with Crippen LogP contribution in [0.15, 0.2) is 24.3 Å². The molecule has 0 aromatic rings. The normalized spacial score (nSPS) is 11.7. The van der Waals surface area contributed by atoms with Crippen LogP contribution < -0.4 is 0 Å². The van der Waals surface area contributed by atoms with Crippen LogP contribution in [0.4, 0.5) is 0 Å². The first kappa shape index (κ1) is 19.7. The lowest BCUT2D eigenvalue weighted by Crippen LogP contribution is -1.93. The van der Waals surface area contributed by atoms with E-state index < -0.39 is 5.97 Å². The van der Waals surface area contributed by atoms with Gasteiger partial charge in [-0.25, -0.2) is 0 Å². The minimum absolute atomic E-state index is 0.313. The molecule has 0 heterocycles. The first-order chi connectivity index (χ1) is 9.77. The van der Waals surface area contributed by atoms with Crippen LogP contribution >= 0.6 is 23.5 Å². The van der Waals surface area contributed by atoms with Crippen LogP contribution in [0.3, 0.4) is 0 Å². The zero-order chi connectivity index (χ0) is 14.9. The van der Waals surface area contributed by atoms with Gasteiger partial charge in [0.25, 0.3) is 0 Å². The maximum atomic E-state index is 10.3. The van der Waals surface area contributed by atoms with Gasteiger partial charge in [0.2, 0.25) is 0 Å². The molecule has 0 rings (SSSR count). The summed E-state index contributed by atoms with van der Waals surface area (Å²) in [6, 6.07) is 0. The molecule has 116 valence electrons. The fourth-order valence-corrected chi connectivity index (χ4v) is 3.09. The van der Waals surface area contributed by atoms with E-state index >= 15 is 0 Å². The predicted molar refractivity (Wildman–Crippen MR) is 93.9 cm³/mol. The molecule has 0 radical (unpaired) electrons. The summed E-state index contributed by atoms with van der Waals surface area (Å²) >= 11 is 3.91. The molecule has 20 heavy (non-hydrogen) atoms. The average Bonchev–Trinajstić information content (AvgIpc) is 2.43. The quantitative estimate of drug-likeness (QED) is 0.361. The molecule has 1 N–H and O–H groups in total. The number of rotatable bonds is 14. The molecular weight excluding hydrogens is 288 g/mol. The molecule has 0 aliphatic rings. The van der Waals surface area contributed by atoms with Crippen LogP contribution in [0.25, 0.3) is 0 Å². The van der Waals surface area contributed by atoms with Crippen molar-refractivity contribution in [3.63, 3.8) is 0 Å². The minimum atomic E-state index is -0.679. The number of hydrogen-bond acceptors (Lipinski definition) is 3. The number of aliphatic carboxylic acids is 1. The molecule has 0 amide bonds. The molecule has 0 aliphatic heterocycles. The number of carboxylic acid groups (broad SMARTS) is 1. The van der Waals surface area contributed by atoms with E-state index in [1.165, 1.54) is 12.2 Å². The maximum absolute atomic E-state index is 10.3. The van der Waals surface area contributed by atoms with Gasteiger partial charge in [-0.1, -0.05) is 37.6 Å². The Morgan fingerprint density at radius 2 is 1.60 bits per heavy atom. The lowest BCUT2D eigenvalue weighted by atomic mass is 10.2. The third-order valence-corrected chi connectivity index (χ3v) is 4.69. The van der Waals surface area contributed by atoms with Gasteiger partial charge in [0.15, 0.2) is 0 Å². The highest BCUT2D eigenvalue weighted by atomic mass is 32.2. The molecular formula is C16H28O2S2. The van der Waals surface area contributed by atoms with E-state index in [0.29, 0.717) is 6.42 Å². The second kappa shape index (κ2) is 16.7. The summed E-state index contributed by atoms with van der Waals surface area (Å²) in [7, 11) is 0. The molecule has 0 aromatic heterocycles. The SMILES string of the molecule is CCCSC/C=C/C/C=C/CSCCCCCC(=O)O. The van der Waals surface area contributed by atoms with E-state index in [9.17, 15) is 4.79 Å². The Balaban J connectivity index is 3.17. The smallest absolute Gasteiger partial charge is 0.303 e. The number of allylic oxidation sites excluding steroid dienone is 2. The summed E-state index contributed by atoms with van der Waals surface area (Å²) in [5.41, 5.74) is 0. The van der Waals surface area contributed by atoms with E-state index in [-0.39, 0.29) is 0 Å². The van der Waals surface area contributed by atoms with Gasteiger partial charge in [-0.2, -0.15) is 23.5 Å². The summed E-state index contributed by atoms with van der Waals surface area (Å²) in [6.45, 7) is 2.21. The Morgan fingerprint density at radius 1 is 0.950 bits per heavy atom. The van der Waals surface area contributed by atoms with Crippen molar-refractivity contribution in [3.8, 4) is 0 Å². The lowest BCUT2D eigenvalue weighted by molar-refractivity contribution is -0.137. The van der Waals surface area contributed by atoms with Crippen molar-refractivity contribution < 1.29 is 9.90 Å². The average molecular weight is 317 g/mol. The Morgan fingerprint density at radius 3 is 2.20 bits per heavy atom. The molecule has 0 saturated heterocycles. The van der Waals surface area contributed by atoms with E-state index in [4.69, 9.17) is 5.11 Å². The summed E-state index contributed by atoms with van der Waals surface area (Å²) in [5.74, 6) is 3.91. The second-order valence-corrected chi connectivity index (χ2v) is 6.83. The van der Waals surface area contributed by atoms with Crippen molar-refractivity contribution in [2.45, 2.75) is 45.4 Å². The molecule has 0 unspecified atom stereocenters. The molecule has 0 spiro atoms. The summed E-state index contributed by atoms with van der Waals surface area (Å²) < 4.78 is 0. The van der Waals surface area contributed by atoms with Crippen molar-refractivity contribution >= 4 is 29.5 Å². The van der Waals surface area contributed by atoms with Gasteiger partial charge < -0.3 is 5.11 Å². The molecule has 0 fully saturated rings. The summed E-state index contributed by atoms with van der Waals surface area (Å²) in [5, 5.41) is 8.50. The van der Waals surface area contributed by atoms with Gasteiger partial charge in [-0.05, 0) is 37.2 Å². The Labute approximate surface area is 132 Å². The van der Waals surface area contributed by atoms with Crippen LogP contribution in [-0.4, -0.2) is 34.1 Å². The molecule has 0 atom stereocenters. The highest BCUT2D eigenvalue weighted by Gasteiger charge is 1.95. The Hall–Kier alpha value is -0.350. The van der Waals surface area contributed by atoms with Crippen molar-refractivity contribution in [3.05, 3.63) is 24.3 Å². The highest BCUT2D eigenvalue weighted by Crippen LogP contribution is 2.08. The third kappa shape index (κ3) is 17.6. The topological polar surface area (TPSA) is 37.3 Å². The van der Waals surface area contributed by atoms with Crippen LogP contribution in [0.5, 0.6) is 0 Å². The van der Waals surface area contributed by atoms with Crippen LogP contribution in [0, 0.1) is 0 Å². The van der Waals surface area contributed by atoms with Crippen LogP contribution in [-0.2, 0) is 4.79 Å². The van der Waals surface area contributed by atoms with Crippen LogP contribution in [0.2, 0.25) is 0 Å². The number of thioether (sulfide) groups is 2. The van der Waals surface area contributed by atoms with Crippen molar-refractivity contribution in [1.29, 1.82) is 0 Å². The van der Waals surface area contributed by atoms with Crippen molar-refractivity contribution in [1.82, 2.24) is 0 Å². The molecule has 0 saturated carbocycles. The van der Waals surface area contributed by atoms with Crippen molar-refractivity contribution in [2.75, 3.05) is 23.0 Å². The predicted octanol–water partition coefficient (Wildman–Crippen LogP) is 5.01. The summed E-state index contributed by atoms with van der Waals surface area (Å²) in [4.78, 5) is 10.3. The zero-order valence-electron chi connectivity index (χ0n) is 12.6. The maximum Gasteiger partial charge on any atom is 0.303 e. The summed E-state index contributed by atoms with van der Waals surface area (Å²) in [6.07, 6.45) is 14.5. The third-order valence-electron chi connectivity index (χ3n) is 2.56. The molecule has 2 nitrogen and oxygen atoms in total. The minimum Gasteiger partial charge on any atom is -0.481 e.